The van der Waals surface area contributed by atoms with E-state index in [0.717, 1.165) is 19.6 Å². The number of ether oxygens (including phenoxy) is 1. The Morgan fingerprint density at radius 3 is 2.83 bits per heavy atom. The largest absolute Gasteiger partial charge is 0.354 e. The molecule has 0 aromatic heterocycles. The number of hydrogen-bond donors (Lipinski definition) is 2. The first-order valence-electron chi connectivity index (χ1n) is 7.37. The van der Waals surface area contributed by atoms with E-state index in [1.165, 1.54) is 38.8 Å². The molecule has 5 heteroatoms. The summed E-state index contributed by atoms with van der Waals surface area (Å²) in [5.74, 6) is 0.550. The molecule has 0 radical (unpaired) electrons. The number of piperidine rings is 1. The van der Waals surface area contributed by atoms with Crippen molar-refractivity contribution in [3.8, 4) is 0 Å². The summed E-state index contributed by atoms with van der Waals surface area (Å²) in [6.07, 6.45) is 5.54. The van der Waals surface area contributed by atoms with E-state index < -0.39 is 0 Å². The second kappa shape index (κ2) is 6.30. The molecule has 0 amide bonds. The van der Waals surface area contributed by atoms with Crippen molar-refractivity contribution in [3.05, 3.63) is 0 Å². The molecule has 3 aliphatic rings. The quantitative estimate of drug-likeness (QED) is 0.761. The van der Waals surface area contributed by atoms with Crippen LogP contribution in [0.25, 0.3) is 0 Å². The maximum atomic E-state index is 6.16. The standard InChI is InChI=1S/C13H25N3O2/c1-2-6-16(7-3-1)9-12-10-17-15-13(18-12)11-4-5-14-8-11/h11-15H,1-10H2. The maximum absolute atomic E-state index is 6.16. The van der Waals surface area contributed by atoms with Gasteiger partial charge in [0.25, 0.3) is 0 Å². The predicted molar refractivity (Wildman–Crippen MR) is 69.0 cm³/mol. The van der Waals surface area contributed by atoms with Gasteiger partial charge in [-0.05, 0) is 38.9 Å². The third-order valence-corrected chi connectivity index (χ3v) is 4.24. The first-order chi connectivity index (χ1) is 8.92. The average molecular weight is 255 g/mol. The van der Waals surface area contributed by atoms with Crippen LogP contribution in [0.1, 0.15) is 25.7 Å². The smallest absolute Gasteiger partial charge is 0.134 e. The van der Waals surface area contributed by atoms with E-state index in [1.807, 2.05) is 0 Å². The molecule has 3 aliphatic heterocycles. The van der Waals surface area contributed by atoms with Gasteiger partial charge in [0.1, 0.15) is 6.23 Å². The Bertz CT molecular complexity index is 253. The highest BCUT2D eigenvalue weighted by Gasteiger charge is 2.32. The topological polar surface area (TPSA) is 45.8 Å². The zero-order valence-corrected chi connectivity index (χ0v) is 11.1. The van der Waals surface area contributed by atoms with Crippen LogP contribution in [0.4, 0.5) is 0 Å². The Kier molecular flexibility index (Phi) is 4.49. The Morgan fingerprint density at radius 2 is 2.06 bits per heavy atom. The first kappa shape index (κ1) is 12.8. The minimum atomic E-state index is 0.0727. The molecule has 0 aliphatic carbocycles. The molecule has 0 aromatic rings. The Hall–Kier alpha value is -0.200. The van der Waals surface area contributed by atoms with Crippen LogP contribution >= 0.6 is 0 Å². The molecule has 18 heavy (non-hydrogen) atoms. The SMILES string of the molecule is C1CCN(CC2CONC(C3CCNC3)O2)CC1. The molecule has 0 bridgehead atoms. The molecule has 3 saturated heterocycles. The molecular formula is C13H25N3O2. The number of nitrogens with zero attached hydrogens (tertiary/aromatic N) is 1. The Morgan fingerprint density at radius 1 is 1.17 bits per heavy atom. The third kappa shape index (κ3) is 3.22. The molecule has 3 unspecified atom stereocenters. The van der Waals surface area contributed by atoms with Crippen molar-refractivity contribution in [3.63, 3.8) is 0 Å². The van der Waals surface area contributed by atoms with E-state index in [4.69, 9.17) is 9.57 Å². The highest BCUT2D eigenvalue weighted by Crippen LogP contribution is 2.19. The lowest BCUT2D eigenvalue weighted by molar-refractivity contribution is -0.214. The summed E-state index contributed by atoms with van der Waals surface area (Å²) < 4.78 is 6.16. The van der Waals surface area contributed by atoms with Gasteiger partial charge in [-0.1, -0.05) is 6.42 Å². The van der Waals surface area contributed by atoms with Gasteiger partial charge in [0, 0.05) is 19.0 Å². The van der Waals surface area contributed by atoms with Crippen molar-refractivity contribution < 1.29 is 9.57 Å². The summed E-state index contributed by atoms with van der Waals surface area (Å²) >= 11 is 0. The van der Waals surface area contributed by atoms with Crippen molar-refractivity contribution in [1.29, 1.82) is 0 Å². The molecule has 3 atom stereocenters. The van der Waals surface area contributed by atoms with Crippen LogP contribution < -0.4 is 10.8 Å². The van der Waals surface area contributed by atoms with Crippen LogP contribution in [0.2, 0.25) is 0 Å². The molecular weight excluding hydrogens is 230 g/mol. The zero-order chi connectivity index (χ0) is 12.2. The van der Waals surface area contributed by atoms with Gasteiger partial charge in [0.2, 0.25) is 0 Å². The summed E-state index contributed by atoms with van der Waals surface area (Å²) in [5.41, 5.74) is 3.05. The first-order valence-corrected chi connectivity index (χ1v) is 7.37. The molecule has 3 heterocycles. The molecule has 104 valence electrons. The molecule has 2 N–H and O–H groups in total. The van der Waals surface area contributed by atoms with Gasteiger partial charge in [0.05, 0.1) is 12.7 Å². The van der Waals surface area contributed by atoms with E-state index in [-0.39, 0.29) is 12.3 Å². The molecule has 0 saturated carbocycles. The van der Waals surface area contributed by atoms with Gasteiger partial charge in [-0.15, -0.1) is 0 Å². The second-order valence-electron chi connectivity index (χ2n) is 5.72. The number of likely N-dealkylation sites (tertiary alicyclic amines) is 1. The molecule has 0 aromatic carbocycles. The lowest BCUT2D eigenvalue weighted by Crippen LogP contribution is -2.52. The van der Waals surface area contributed by atoms with Crippen LogP contribution in [-0.2, 0) is 9.57 Å². The maximum Gasteiger partial charge on any atom is 0.134 e. The fourth-order valence-electron chi connectivity index (χ4n) is 3.17. The zero-order valence-electron chi connectivity index (χ0n) is 11.1. The van der Waals surface area contributed by atoms with Gasteiger partial charge < -0.3 is 15.0 Å². The van der Waals surface area contributed by atoms with Crippen LogP contribution in [0.3, 0.4) is 0 Å². The monoisotopic (exact) mass is 255 g/mol. The molecule has 3 rings (SSSR count). The number of hydrogen-bond acceptors (Lipinski definition) is 5. The summed E-state index contributed by atoms with van der Waals surface area (Å²) in [7, 11) is 0. The van der Waals surface area contributed by atoms with E-state index in [1.54, 1.807) is 0 Å². The van der Waals surface area contributed by atoms with Crippen molar-refractivity contribution in [2.45, 2.75) is 38.0 Å². The number of hydroxylamine groups is 1. The Labute approximate surface area is 109 Å². The number of nitrogens with one attached hydrogen (secondary N) is 2. The van der Waals surface area contributed by atoms with Crippen LogP contribution in [0.5, 0.6) is 0 Å². The van der Waals surface area contributed by atoms with E-state index in [2.05, 4.69) is 15.7 Å². The lowest BCUT2D eigenvalue weighted by Gasteiger charge is -2.37. The normalized spacial score (nSPS) is 39.0. The van der Waals surface area contributed by atoms with Gasteiger partial charge in [-0.2, -0.15) is 5.48 Å². The van der Waals surface area contributed by atoms with Crippen LogP contribution in [-0.4, -0.2) is 56.6 Å². The average Bonchev–Trinajstić information content (AvgIpc) is 2.94. The Balaban J connectivity index is 1.47. The van der Waals surface area contributed by atoms with Crippen molar-refractivity contribution >= 4 is 0 Å². The fourth-order valence-corrected chi connectivity index (χ4v) is 3.17. The van der Waals surface area contributed by atoms with Gasteiger partial charge in [-0.25, -0.2) is 0 Å². The highest BCUT2D eigenvalue weighted by atomic mass is 16.7. The van der Waals surface area contributed by atoms with Crippen molar-refractivity contribution in [2.24, 2.45) is 5.92 Å². The molecule has 5 nitrogen and oxygen atoms in total. The minimum absolute atomic E-state index is 0.0727. The molecule has 0 spiro atoms. The predicted octanol–water partition coefficient (Wildman–Crippen LogP) is 0.328. The lowest BCUT2D eigenvalue weighted by atomic mass is 10.1. The van der Waals surface area contributed by atoms with Gasteiger partial charge >= 0.3 is 0 Å². The summed E-state index contributed by atoms with van der Waals surface area (Å²) in [4.78, 5) is 8.04. The summed E-state index contributed by atoms with van der Waals surface area (Å²) in [6.45, 7) is 6.29. The number of rotatable bonds is 3. The summed E-state index contributed by atoms with van der Waals surface area (Å²) in [6, 6.07) is 0. The van der Waals surface area contributed by atoms with E-state index in [9.17, 15) is 0 Å². The van der Waals surface area contributed by atoms with E-state index in [0.29, 0.717) is 12.5 Å². The third-order valence-electron chi connectivity index (χ3n) is 4.24. The van der Waals surface area contributed by atoms with E-state index >= 15 is 0 Å². The summed E-state index contributed by atoms with van der Waals surface area (Å²) in [5, 5.41) is 3.38. The molecule has 3 fully saturated rings. The van der Waals surface area contributed by atoms with Crippen molar-refractivity contribution in [1.82, 2.24) is 15.7 Å². The second-order valence-corrected chi connectivity index (χ2v) is 5.72. The van der Waals surface area contributed by atoms with Crippen molar-refractivity contribution in [2.75, 3.05) is 39.3 Å². The van der Waals surface area contributed by atoms with Gasteiger partial charge in [0.15, 0.2) is 0 Å². The highest BCUT2D eigenvalue weighted by molar-refractivity contribution is 4.80. The minimum Gasteiger partial charge on any atom is -0.354 e. The fraction of sp³-hybridized carbons (Fsp3) is 1.00. The van der Waals surface area contributed by atoms with Crippen LogP contribution in [0.15, 0.2) is 0 Å². The van der Waals surface area contributed by atoms with Gasteiger partial charge in [-0.3, -0.25) is 4.84 Å². The van der Waals surface area contributed by atoms with Crippen LogP contribution in [0, 0.1) is 5.92 Å².